The van der Waals surface area contributed by atoms with Crippen molar-refractivity contribution in [3.8, 4) is 0 Å². The Kier molecular flexibility index (Phi) is 12.0. The molecule has 0 spiro atoms. The molecule has 0 aromatic carbocycles. The first-order valence-corrected chi connectivity index (χ1v) is 6.45. The van der Waals surface area contributed by atoms with Crippen LogP contribution in [0.25, 0.3) is 0 Å². The summed E-state index contributed by atoms with van der Waals surface area (Å²) in [5.41, 5.74) is 0. The first kappa shape index (κ1) is 20.9. The molecule has 0 unspecified atom stereocenters. The second-order valence-electron chi connectivity index (χ2n) is 5.01. The van der Waals surface area contributed by atoms with Gasteiger partial charge in [0.05, 0.1) is 18.3 Å². The van der Waals surface area contributed by atoms with Crippen molar-refractivity contribution in [2.75, 3.05) is 6.61 Å². The smallest absolute Gasteiger partial charge is 0.283 e. The van der Waals surface area contributed by atoms with E-state index in [-0.39, 0.29) is 46.6 Å². The minimum atomic E-state index is -1.04. The molecule has 18 heavy (non-hydrogen) atoms. The molecule has 0 bridgehead atoms. The van der Waals surface area contributed by atoms with Crippen LogP contribution in [0.3, 0.4) is 0 Å². The third-order valence-corrected chi connectivity index (χ3v) is 1.89. The van der Waals surface area contributed by atoms with Crippen molar-refractivity contribution < 1.29 is 41.0 Å². The predicted molar refractivity (Wildman–Crippen MR) is 67.7 cm³/mol. The summed E-state index contributed by atoms with van der Waals surface area (Å²) in [6, 6.07) is 0. The maximum absolute atomic E-state index is 8.97. The second kappa shape index (κ2) is 10.4. The summed E-state index contributed by atoms with van der Waals surface area (Å²) in [5.74, 6) is -1.04. The van der Waals surface area contributed by atoms with Crippen LogP contribution >= 0.6 is 0 Å². The van der Waals surface area contributed by atoms with Crippen LogP contribution in [0.2, 0.25) is 0 Å². The van der Waals surface area contributed by atoms with E-state index in [4.69, 9.17) is 19.3 Å². The summed E-state index contributed by atoms with van der Waals surface area (Å²) >= 11 is 0. The monoisotopic (exact) mass is 296 g/mol. The number of aliphatic hydroxyl groups is 1. The summed E-state index contributed by atoms with van der Waals surface area (Å²) in [6.45, 7) is 11.8. The van der Waals surface area contributed by atoms with Crippen molar-refractivity contribution >= 4 is 0 Å². The fourth-order valence-electron chi connectivity index (χ4n) is 1.63. The van der Waals surface area contributed by atoms with Gasteiger partial charge in [0.15, 0.2) is 0 Å². The van der Waals surface area contributed by atoms with E-state index in [1.807, 2.05) is 41.5 Å². The Bertz CT molecular complexity index is 169. The number of aliphatic hydroxyl groups excluding tert-OH is 1. The van der Waals surface area contributed by atoms with E-state index < -0.39 is 5.97 Å². The van der Waals surface area contributed by atoms with E-state index >= 15 is 0 Å². The minimum absolute atomic E-state index is 0. The third-order valence-electron chi connectivity index (χ3n) is 1.89. The van der Waals surface area contributed by atoms with Crippen LogP contribution in [0.15, 0.2) is 0 Å². The number of hydrogen-bond acceptors (Lipinski definition) is 4. The van der Waals surface area contributed by atoms with Crippen molar-refractivity contribution in [3.63, 3.8) is 0 Å². The molecule has 0 aliphatic heterocycles. The predicted octanol–water partition coefficient (Wildman–Crippen LogP) is 2.69. The zero-order chi connectivity index (χ0) is 13.5. The van der Waals surface area contributed by atoms with Crippen LogP contribution in [0.4, 0.5) is 0 Å². The van der Waals surface area contributed by atoms with Gasteiger partial charge in [-0.15, -0.1) is 0 Å². The van der Waals surface area contributed by atoms with Gasteiger partial charge in [-0.05, 0) is 48.0 Å². The fraction of sp³-hybridized carbons (Fsp3) is 1.00. The van der Waals surface area contributed by atoms with Crippen molar-refractivity contribution in [1.29, 1.82) is 0 Å². The van der Waals surface area contributed by atoms with Crippen LogP contribution in [0.1, 0.15) is 54.4 Å². The maximum Gasteiger partial charge on any atom is 0.283 e. The summed E-state index contributed by atoms with van der Waals surface area (Å²) in [7, 11) is 0. The summed E-state index contributed by atoms with van der Waals surface area (Å²) in [4.78, 5) is 0. The van der Waals surface area contributed by atoms with Crippen LogP contribution in [0.5, 0.6) is 0 Å². The molecular formula is C13H28O4Ti. The van der Waals surface area contributed by atoms with Gasteiger partial charge in [0, 0.05) is 34.7 Å². The van der Waals surface area contributed by atoms with Crippen molar-refractivity contribution in [1.82, 2.24) is 0 Å². The average Bonchev–Trinajstić information content (AvgIpc) is 2.11. The van der Waals surface area contributed by atoms with E-state index in [0.717, 1.165) is 0 Å². The molecule has 0 aliphatic carbocycles. The molecule has 0 saturated heterocycles. The van der Waals surface area contributed by atoms with Crippen LogP contribution < -0.4 is 0 Å². The Labute approximate surface area is 126 Å². The summed E-state index contributed by atoms with van der Waals surface area (Å²) < 4.78 is 17.4. The maximum atomic E-state index is 8.97. The first-order valence-electron chi connectivity index (χ1n) is 6.45. The molecule has 0 rings (SSSR count). The fourth-order valence-corrected chi connectivity index (χ4v) is 1.63. The van der Waals surface area contributed by atoms with Gasteiger partial charge in [0.1, 0.15) is 0 Å². The molecule has 0 aliphatic rings. The minimum Gasteiger partial charge on any atom is -0.396 e. The SMILES string of the molecule is CC(C)OC(CCCO)(OC(C)C)OC(C)C.[Ti]. The Morgan fingerprint density at radius 1 is 0.833 bits per heavy atom. The van der Waals surface area contributed by atoms with Gasteiger partial charge in [-0.25, -0.2) is 0 Å². The molecule has 1 N–H and O–H groups in total. The molecule has 5 heteroatoms. The molecular weight excluding hydrogens is 268 g/mol. The molecule has 108 valence electrons. The van der Waals surface area contributed by atoms with Crippen LogP contribution in [0, 0.1) is 0 Å². The van der Waals surface area contributed by atoms with Gasteiger partial charge in [-0.1, -0.05) is 0 Å². The number of hydrogen-bond donors (Lipinski definition) is 1. The molecule has 0 aromatic heterocycles. The molecule has 0 atom stereocenters. The van der Waals surface area contributed by atoms with Crippen molar-refractivity contribution in [3.05, 3.63) is 0 Å². The number of rotatable bonds is 9. The number of ether oxygens (including phenoxy) is 3. The Balaban J connectivity index is 0. The van der Waals surface area contributed by atoms with Gasteiger partial charge in [-0.3, -0.25) is 0 Å². The zero-order valence-corrected chi connectivity index (χ0v) is 14.1. The zero-order valence-electron chi connectivity index (χ0n) is 12.5. The largest absolute Gasteiger partial charge is 0.396 e. The topological polar surface area (TPSA) is 47.9 Å². The van der Waals surface area contributed by atoms with Gasteiger partial charge in [0.25, 0.3) is 5.97 Å². The Morgan fingerprint density at radius 3 is 1.39 bits per heavy atom. The van der Waals surface area contributed by atoms with Gasteiger partial charge >= 0.3 is 0 Å². The van der Waals surface area contributed by atoms with Crippen LogP contribution in [-0.4, -0.2) is 36.0 Å². The first-order chi connectivity index (χ1) is 7.81. The Hall–Kier alpha value is 0.554. The molecule has 0 aromatic rings. The van der Waals surface area contributed by atoms with Crippen LogP contribution in [-0.2, 0) is 35.9 Å². The quantitative estimate of drug-likeness (QED) is 0.525. The van der Waals surface area contributed by atoms with Gasteiger partial charge in [-0.2, -0.15) is 0 Å². The van der Waals surface area contributed by atoms with E-state index in [1.54, 1.807) is 0 Å². The third kappa shape index (κ3) is 9.48. The molecule has 4 nitrogen and oxygen atoms in total. The van der Waals surface area contributed by atoms with E-state index in [2.05, 4.69) is 0 Å². The molecule has 0 fully saturated rings. The van der Waals surface area contributed by atoms with E-state index in [0.29, 0.717) is 12.8 Å². The summed E-state index contributed by atoms with van der Waals surface area (Å²) in [6.07, 6.45) is 1.13. The molecule has 0 saturated carbocycles. The average molecular weight is 296 g/mol. The molecule has 0 amide bonds. The standard InChI is InChI=1S/C13H28O4.Ti/c1-10(2)15-13(8-7-9-14,16-11(3)4)17-12(5)6;/h10-12,14H,7-9H2,1-6H3;. The second-order valence-corrected chi connectivity index (χ2v) is 5.01. The molecule has 0 radical (unpaired) electrons. The van der Waals surface area contributed by atoms with Crippen molar-refractivity contribution in [2.45, 2.75) is 78.7 Å². The van der Waals surface area contributed by atoms with Gasteiger partial charge < -0.3 is 19.3 Å². The Morgan fingerprint density at radius 2 is 1.17 bits per heavy atom. The molecule has 0 heterocycles. The summed E-state index contributed by atoms with van der Waals surface area (Å²) in [5, 5.41) is 8.97. The van der Waals surface area contributed by atoms with Crippen molar-refractivity contribution in [2.24, 2.45) is 0 Å². The van der Waals surface area contributed by atoms with E-state index in [9.17, 15) is 0 Å². The van der Waals surface area contributed by atoms with E-state index in [1.165, 1.54) is 0 Å². The normalized spacial score (nSPS) is 12.3. The van der Waals surface area contributed by atoms with Gasteiger partial charge in [0.2, 0.25) is 0 Å².